The Hall–Kier alpha value is -0.380. The van der Waals surface area contributed by atoms with E-state index in [1.165, 1.54) is 0 Å². The molecule has 1 unspecified atom stereocenters. The van der Waals surface area contributed by atoms with Crippen LogP contribution in [0.5, 0.6) is 0 Å². The second-order valence-corrected chi connectivity index (χ2v) is 5.48. The number of rotatable bonds is 1. The maximum atomic E-state index is 11.1. The molecule has 1 saturated heterocycles. The number of sulfone groups is 1. The van der Waals surface area contributed by atoms with Gasteiger partial charge >= 0.3 is 0 Å². The highest BCUT2D eigenvalue weighted by molar-refractivity contribution is 7.92. The number of hydrogen-bond acceptors (Lipinski definition) is 3. The molecule has 4 heteroatoms. The van der Waals surface area contributed by atoms with E-state index in [0.29, 0.717) is 0 Å². The molecule has 11 heavy (non-hydrogen) atoms. The predicted octanol–water partition coefficient (Wildman–Crippen LogP) is 0.256. The Morgan fingerprint density at radius 2 is 2.00 bits per heavy atom. The lowest BCUT2D eigenvalue weighted by atomic mass is 9.95. The third kappa shape index (κ3) is 1.80. The molecule has 0 saturated carbocycles. The summed E-state index contributed by atoms with van der Waals surface area (Å²) in [4.78, 5) is 11.1. The van der Waals surface area contributed by atoms with E-state index in [0.717, 1.165) is 0 Å². The first-order valence-electron chi connectivity index (χ1n) is 3.65. The van der Waals surface area contributed by atoms with E-state index < -0.39 is 9.84 Å². The fraction of sp³-hybridized carbons (Fsp3) is 0.857. The molecular weight excluding hydrogens is 164 g/mol. The molecule has 1 atom stereocenters. The Morgan fingerprint density at radius 3 is 2.18 bits per heavy atom. The Labute approximate surface area is 66.7 Å². The van der Waals surface area contributed by atoms with Crippen molar-refractivity contribution in [3.8, 4) is 0 Å². The largest absolute Gasteiger partial charge is 0.298 e. The number of ketones is 1. The predicted molar refractivity (Wildman–Crippen MR) is 42.0 cm³/mol. The minimum absolute atomic E-state index is 0.0590. The maximum Gasteiger partial charge on any atom is 0.158 e. The Balaban J connectivity index is 2.83. The zero-order chi connectivity index (χ0) is 8.65. The quantitative estimate of drug-likeness (QED) is 0.575. The minimum Gasteiger partial charge on any atom is -0.298 e. The third-order valence-electron chi connectivity index (χ3n) is 2.01. The molecule has 0 bridgehead atoms. The molecule has 64 valence electrons. The number of carbonyl (C=O) groups is 1. The molecule has 0 spiro atoms. The van der Waals surface area contributed by atoms with Gasteiger partial charge in [0.1, 0.15) is 5.75 Å². The first kappa shape index (κ1) is 8.71. The van der Waals surface area contributed by atoms with E-state index >= 15 is 0 Å². The Bertz CT molecular complexity index is 263. The minimum atomic E-state index is -3.04. The van der Waals surface area contributed by atoms with E-state index in [1.807, 2.05) is 13.8 Å². The molecular formula is C7H12O3S. The molecule has 1 fully saturated rings. The van der Waals surface area contributed by atoms with Gasteiger partial charge in [-0.3, -0.25) is 4.79 Å². The lowest BCUT2D eigenvalue weighted by Gasteiger charge is -2.08. The van der Waals surface area contributed by atoms with Crippen molar-refractivity contribution < 1.29 is 13.2 Å². The number of carbonyl (C=O) groups excluding carboxylic acids is 1. The van der Waals surface area contributed by atoms with Crippen LogP contribution in [0.1, 0.15) is 13.8 Å². The van der Waals surface area contributed by atoms with Crippen molar-refractivity contribution >= 4 is 15.6 Å². The van der Waals surface area contributed by atoms with Gasteiger partial charge in [-0.1, -0.05) is 13.8 Å². The van der Waals surface area contributed by atoms with Gasteiger partial charge in [0.15, 0.2) is 15.6 Å². The summed E-state index contributed by atoms with van der Waals surface area (Å²) in [6.45, 7) is 3.76. The van der Waals surface area contributed by atoms with Gasteiger partial charge in [0.2, 0.25) is 0 Å². The molecule has 1 rings (SSSR count). The van der Waals surface area contributed by atoms with Crippen molar-refractivity contribution in [2.24, 2.45) is 11.8 Å². The Morgan fingerprint density at radius 1 is 1.45 bits per heavy atom. The van der Waals surface area contributed by atoms with Crippen LogP contribution in [0.15, 0.2) is 0 Å². The molecule has 1 heterocycles. The standard InChI is InChI=1S/C7H12O3S/c1-5(2)6-3-11(9,10)4-7(6)8/h5-6H,3-4H2,1-2H3. The number of Topliss-reactive ketones (excluding diaryl/α,β-unsaturated/α-hetero) is 1. The van der Waals surface area contributed by atoms with E-state index in [2.05, 4.69) is 0 Å². The fourth-order valence-corrected chi connectivity index (χ4v) is 3.20. The first-order chi connectivity index (χ1) is 4.92. The molecule has 0 N–H and O–H groups in total. The zero-order valence-corrected chi connectivity index (χ0v) is 7.52. The van der Waals surface area contributed by atoms with Crippen molar-refractivity contribution in [3.05, 3.63) is 0 Å². The van der Waals surface area contributed by atoms with Crippen LogP contribution in [0.3, 0.4) is 0 Å². The van der Waals surface area contributed by atoms with Crippen LogP contribution in [-0.4, -0.2) is 25.7 Å². The second kappa shape index (κ2) is 2.59. The SMILES string of the molecule is CC(C)C1CS(=O)(=O)CC1=O. The average molecular weight is 176 g/mol. The van der Waals surface area contributed by atoms with Crippen molar-refractivity contribution in [1.29, 1.82) is 0 Å². The molecule has 1 aliphatic heterocycles. The number of hydrogen-bond donors (Lipinski definition) is 0. The van der Waals surface area contributed by atoms with Gasteiger partial charge in [-0.2, -0.15) is 0 Å². The smallest absolute Gasteiger partial charge is 0.158 e. The summed E-state index contributed by atoms with van der Waals surface area (Å²) in [5, 5.41) is 0. The van der Waals surface area contributed by atoms with Gasteiger partial charge in [0.25, 0.3) is 0 Å². The van der Waals surface area contributed by atoms with E-state index in [4.69, 9.17) is 0 Å². The van der Waals surface area contributed by atoms with Gasteiger partial charge in [0.05, 0.1) is 5.75 Å². The summed E-state index contributed by atoms with van der Waals surface area (Å²) in [6.07, 6.45) is 0. The van der Waals surface area contributed by atoms with Gasteiger partial charge in [-0.05, 0) is 5.92 Å². The third-order valence-corrected chi connectivity index (χ3v) is 3.61. The molecule has 0 radical (unpaired) electrons. The monoisotopic (exact) mass is 176 g/mol. The first-order valence-corrected chi connectivity index (χ1v) is 5.47. The lowest BCUT2D eigenvalue weighted by molar-refractivity contribution is -0.120. The molecule has 3 nitrogen and oxygen atoms in total. The normalized spacial score (nSPS) is 29.7. The van der Waals surface area contributed by atoms with Gasteiger partial charge < -0.3 is 0 Å². The molecule has 0 aliphatic carbocycles. The summed E-state index contributed by atoms with van der Waals surface area (Å²) in [5.41, 5.74) is 0. The molecule has 0 aromatic heterocycles. The zero-order valence-electron chi connectivity index (χ0n) is 6.70. The molecule has 0 aromatic rings. The summed E-state index contributed by atoms with van der Waals surface area (Å²) >= 11 is 0. The van der Waals surface area contributed by atoms with Gasteiger partial charge in [-0.25, -0.2) is 8.42 Å². The van der Waals surface area contributed by atoms with Crippen molar-refractivity contribution in [2.45, 2.75) is 13.8 Å². The Kier molecular flexibility index (Phi) is 2.05. The van der Waals surface area contributed by atoms with Crippen LogP contribution in [0.2, 0.25) is 0 Å². The fourth-order valence-electron chi connectivity index (χ4n) is 1.31. The van der Waals surface area contributed by atoms with Crippen molar-refractivity contribution in [1.82, 2.24) is 0 Å². The van der Waals surface area contributed by atoms with Gasteiger partial charge in [-0.15, -0.1) is 0 Å². The van der Waals surface area contributed by atoms with Gasteiger partial charge in [0, 0.05) is 5.92 Å². The molecule has 1 aliphatic rings. The summed E-state index contributed by atoms with van der Waals surface area (Å²) in [5.74, 6) is -0.390. The van der Waals surface area contributed by atoms with E-state index in [9.17, 15) is 13.2 Å². The van der Waals surface area contributed by atoms with Crippen LogP contribution >= 0.6 is 0 Å². The van der Waals surface area contributed by atoms with E-state index in [1.54, 1.807) is 0 Å². The summed E-state index contributed by atoms with van der Waals surface area (Å²) in [7, 11) is -3.04. The van der Waals surface area contributed by atoms with Crippen LogP contribution in [0.25, 0.3) is 0 Å². The van der Waals surface area contributed by atoms with Crippen LogP contribution in [-0.2, 0) is 14.6 Å². The highest BCUT2D eigenvalue weighted by atomic mass is 32.2. The lowest BCUT2D eigenvalue weighted by Crippen LogP contribution is -2.17. The van der Waals surface area contributed by atoms with E-state index in [-0.39, 0.29) is 29.1 Å². The highest BCUT2D eigenvalue weighted by Crippen LogP contribution is 2.21. The maximum absolute atomic E-state index is 11.1. The average Bonchev–Trinajstić information content (AvgIpc) is 2.05. The van der Waals surface area contributed by atoms with Crippen molar-refractivity contribution in [2.75, 3.05) is 11.5 Å². The van der Waals surface area contributed by atoms with Crippen LogP contribution in [0, 0.1) is 11.8 Å². The van der Waals surface area contributed by atoms with Crippen LogP contribution < -0.4 is 0 Å². The highest BCUT2D eigenvalue weighted by Gasteiger charge is 2.37. The molecule has 0 aromatic carbocycles. The van der Waals surface area contributed by atoms with Crippen LogP contribution in [0.4, 0.5) is 0 Å². The second-order valence-electron chi connectivity index (χ2n) is 3.37. The summed E-state index contributed by atoms with van der Waals surface area (Å²) < 4.78 is 21.9. The topological polar surface area (TPSA) is 51.2 Å². The molecule has 0 amide bonds. The summed E-state index contributed by atoms with van der Waals surface area (Å²) in [6, 6.07) is 0. The van der Waals surface area contributed by atoms with Crippen molar-refractivity contribution in [3.63, 3.8) is 0 Å².